The van der Waals surface area contributed by atoms with Crippen LogP contribution >= 0.6 is 0 Å². The van der Waals surface area contributed by atoms with Gasteiger partial charge in [0.25, 0.3) is 0 Å². The number of carbonyl (C=O) groups excluding carboxylic acids is 2. The van der Waals surface area contributed by atoms with Crippen molar-refractivity contribution in [3.05, 3.63) is 48.6 Å². The Bertz CT molecular complexity index is 1320. The van der Waals surface area contributed by atoms with Crippen molar-refractivity contribution in [2.75, 3.05) is 13.2 Å². The number of unbranched alkanes of at least 4 members (excludes halogenated alkanes) is 49. The number of amides is 1. The molecule has 0 aliphatic carbocycles. The van der Waals surface area contributed by atoms with Crippen molar-refractivity contribution < 1.29 is 24.5 Å². The molecule has 3 N–H and O–H groups in total. The molecule has 0 aromatic heterocycles. The van der Waals surface area contributed by atoms with Crippen molar-refractivity contribution in [3.8, 4) is 0 Å². The highest BCUT2D eigenvalue weighted by atomic mass is 16.5. The number of hydrogen-bond donors (Lipinski definition) is 3. The number of hydrogen-bond acceptors (Lipinski definition) is 5. The molecule has 0 fully saturated rings. The van der Waals surface area contributed by atoms with Crippen LogP contribution in [0, 0.1) is 0 Å². The number of aliphatic hydroxyl groups is 2. The number of aliphatic hydroxyl groups excluding tert-OH is 2. The van der Waals surface area contributed by atoms with E-state index in [2.05, 4.69) is 55.6 Å². The predicted molar refractivity (Wildman–Crippen MR) is 347 cm³/mol. The van der Waals surface area contributed by atoms with Crippen molar-refractivity contribution in [2.45, 2.75) is 392 Å². The second-order valence-corrected chi connectivity index (χ2v) is 24.2. The fraction of sp³-hybridized carbons (Fsp3) is 0.863. The number of allylic oxidation sites excluding steroid dienone is 7. The summed E-state index contributed by atoms with van der Waals surface area (Å²) in [5.41, 5.74) is 0. The molecular formula is C73H137NO5. The first-order valence-electron chi connectivity index (χ1n) is 35.4. The maximum Gasteiger partial charge on any atom is 0.305 e. The Hall–Kier alpha value is -2.18. The van der Waals surface area contributed by atoms with Crippen LogP contribution in [0.15, 0.2) is 48.6 Å². The van der Waals surface area contributed by atoms with Gasteiger partial charge < -0.3 is 20.3 Å². The minimum absolute atomic E-state index is 0.00450. The second-order valence-electron chi connectivity index (χ2n) is 24.2. The fourth-order valence-corrected chi connectivity index (χ4v) is 10.9. The molecule has 464 valence electrons. The molecule has 79 heavy (non-hydrogen) atoms. The van der Waals surface area contributed by atoms with Crippen molar-refractivity contribution in [1.82, 2.24) is 5.32 Å². The smallest absolute Gasteiger partial charge is 0.305 e. The van der Waals surface area contributed by atoms with Gasteiger partial charge in [0.1, 0.15) is 0 Å². The summed E-state index contributed by atoms with van der Waals surface area (Å²) in [5.74, 6) is -0.0585. The zero-order valence-corrected chi connectivity index (χ0v) is 53.1. The molecule has 0 radical (unpaired) electrons. The standard InChI is InChI=1S/C73H137NO5/c1-3-5-7-9-11-13-15-17-42-45-49-53-57-61-65-71(76)70(69-75)74-72(77)66-62-58-54-50-46-43-39-37-35-33-31-29-27-25-23-21-19-18-20-22-24-26-28-30-32-34-36-38-40-44-48-52-56-60-64-68-79-73(78)67-63-59-55-51-47-41-16-14-12-10-8-6-4-2/h8,10,14,16,20,22,61,65,70-71,75-76H,3-7,9,11-13,15,17-19,21,23-60,62-64,66-69H2,1-2H3,(H,74,77)/b10-8-,16-14-,22-20-,65-61+. The lowest BCUT2D eigenvalue weighted by atomic mass is 10.0. The first-order valence-corrected chi connectivity index (χ1v) is 35.4. The molecule has 0 saturated carbocycles. The van der Waals surface area contributed by atoms with Crippen molar-refractivity contribution in [2.24, 2.45) is 0 Å². The van der Waals surface area contributed by atoms with E-state index in [0.29, 0.717) is 19.4 Å². The van der Waals surface area contributed by atoms with Gasteiger partial charge in [-0.3, -0.25) is 9.59 Å². The van der Waals surface area contributed by atoms with Crippen LogP contribution in [0.4, 0.5) is 0 Å². The molecule has 0 aliphatic rings. The van der Waals surface area contributed by atoms with Crippen LogP contribution in [0.2, 0.25) is 0 Å². The minimum atomic E-state index is -0.842. The van der Waals surface area contributed by atoms with Gasteiger partial charge in [-0.2, -0.15) is 0 Å². The number of nitrogens with one attached hydrogen (secondary N) is 1. The second kappa shape index (κ2) is 68.3. The summed E-state index contributed by atoms with van der Waals surface area (Å²) >= 11 is 0. The molecule has 0 aliphatic heterocycles. The van der Waals surface area contributed by atoms with Crippen LogP contribution in [0.5, 0.6) is 0 Å². The molecule has 0 rings (SSSR count). The van der Waals surface area contributed by atoms with Gasteiger partial charge in [0.05, 0.1) is 25.4 Å². The van der Waals surface area contributed by atoms with Gasteiger partial charge in [0.15, 0.2) is 0 Å². The Kier molecular flexibility index (Phi) is 66.4. The highest BCUT2D eigenvalue weighted by Crippen LogP contribution is 2.18. The van der Waals surface area contributed by atoms with Gasteiger partial charge in [0, 0.05) is 12.8 Å². The molecule has 6 heteroatoms. The molecule has 1 amide bonds. The van der Waals surface area contributed by atoms with E-state index in [1.165, 1.54) is 302 Å². The third-order valence-corrected chi connectivity index (χ3v) is 16.3. The SMILES string of the molecule is CCC/C=C\C/C=C\CCCCCCCC(=O)OCCCCCCCCCCCCCCCC/C=C\CCCCCCCCCCCCCCCCCCCC(=O)NC(CO)C(O)/C=C/CCCCCCCCCCCCCC. The Labute approximate surface area is 493 Å². The summed E-state index contributed by atoms with van der Waals surface area (Å²) < 4.78 is 5.48. The predicted octanol–water partition coefficient (Wildman–Crippen LogP) is 22.9. The summed E-state index contributed by atoms with van der Waals surface area (Å²) in [6.07, 6.45) is 89.2. The zero-order chi connectivity index (χ0) is 57.1. The highest BCUT2D eigenvalue weighted by Gasteiger charge is 2.18. The number of rotatable bonds is 66. The third kappa shape index (κ3) is 64.8. The largest absolute Gasteiger partial charge is 0.466 e. The van der Waals surface area contributed by atoms with Crippen LogP contribution in [0.3, 0.4) is 0 Å². The van der Waals surface area contributed by atoms with Crippen LogP contribution in [0.1, 0.15) is 380 Å². The average molecular weight is 1110 g/mol. The lowest BCUT2D eigenvalue weighted by molar-refractivity contribution is -0.143. The molecule has 0 heterocycles. The monoisotopic (exact) mass is 1110 g/mol. The normalized spacial score (nSPS) is 12.8. The molecular weight excluding hydrogens is 971 g/mol. The molecule has 0 spiro atoms. The van der Waals surface area contributed by atoms with Gasteiger partial charge in [-0.25, -0.2) is 0 Å². The van der Waals surface area contributed by atoms with Crippen molar-refractivity contribution in [3.63, 3.8) is 0 Å². The average Bonchev–Trinajstić information content (AvgIpc) is 3.45. The van der Waals surface area contributed by atoms with Crippen molar-refractivity contribution in [1.29, 1.82) is 0 Å². The highest BCUT2D eigenvalue weighted by molar-refractivity contribution is 5.76. The summed E-state index contributed by atoms with van der Waals surface area (Å²) in [5, 5.41) is 23.1. The van der Waals surface area contributed by atoms with Gasteiger partial charge in [0.2, 0.25) is 5.91 Å². The van der Waals surface area contributed by atoms with Gasteiger partial charge in [-0.05, 0) is 83.5 Å². The summed E-state index contributed by atoms with van der Waals surface area (Å²) in [6.45, 7) is 4.85. The fourth-order valence-electron chi connectivity index (χ4n) is 10.9. The Morgan fingerprint density at radius 1 is 0.354 bits per heavy atom. The van der Waals surface area contributed by atoms with E-state index in [4.69, 9.17) is 4.74 Å². The summed E-state index contributed by atoms with van der Waals surface area (Å²) in [6, 6.07) is -0.625. The molecule has 0 aromatic carbocycles. The molecule has 2 atom stereocenters. The first-order chi connectivity index (χ1) is 39.0. The van der Waals surface area contributed by atoms with E-state index in [1.54, 1.807) is 6.08 Å². The van der Waals surface area contributed by atoms with E-state index in [-0.39, 0.29) is 18.5 Å². The zero-order valence-electron chi connectivity index (χ0n) is 53.1. The lowest BCUT2D eigenvalue weighted by Gasteiger charge is -2.20. The first kappa shape index (κ1) is 76.8. The van der Waals surface area contributed by atoms with Gasteiger partial charge >= 0.3 is 5.97 Å². The number of esters is 1. The van der Waals surface area contributed by atoms with Crippen LogP contribution in [0.25, 0.3) is 0 Å². The molecule has 6 nitrogen and oxygen atoms in total. The lowest BCUT2D eigenvalue weighted by Crippen LogP contribution is -2.45. The summed E-state index contributed by atoms with van der Waals surface area (Å²) in [4.78, 5) is 24.5. The van der Waals surface area contributed by atoms with Crippen molar-refractivity contribution >= 4 is 11.9 Å². The molecule has 0 bridgehead atoms. The Balaban J connectivity index is 3.35. The van der Waals surface area contributed by atoms with Crippen LogP contribution < -0.4 is 5.32 Å². The van der Waals surface area contributed by atoms with Gasteiger partial charge in [-0.1, -0.05) is 332 Å². The Morgan fingerprint density at radius 2 is 0.658 bits per heavy atom. The Morgan fingerprint density at radius 3 is 1.03 bits per heavy atom. The third-order valence-electron chi connectivity index (χ3n) is 16.3. The van der Waals surface area contributed by atoms with Crippen LogP contribution in [-0.2, 0) is 14.3 Å². The van der Waals surface area contributed by atoms with E-state index in [9.17, 15) is 19.8 Å². The van der Waals surface area contributed by atoms with E-state index >= 15 is 0 Å². The van der Waals surface area contributed by atoms with E-state index in [0.717, 1.165) is 51.4 Å². The summed E-state index contributed by atoms with van der Waals surface area (Å²) in [7, 11) is 0. The maximum absolute atomic E-state index is 12.5. The maximum atomic E-state index is 12.5. The number of ether oxygens (including phenoxy) is 1. The molecule has 2 unspecified atom stereocenters. The van der Waals surface area contributed by atoms with Gasteiger partial charge in [-0.15, -0.1) is 0 Å². The topological polar surface area (TPSA) is 95.9 Å². The molecule has 0 aromatic rings. The van der Waals surface area contributed by atoms with Crippen LogP contribution in [-0.4, -0.2) is 47.4 Å². The number of carbonyl (C=O) groups is 2. The quantitative estimate of drug-likeness (QED) is 0.0320. The minimum Gasteiger partial charge on any atom is -0.466 e. The molecule has 0 saturated heterocycles. The van der Waals surface area contributed by atoms with E-state index in [1.807, 2.05) is 6.08 Å². The van der Waals surface area contributed by atoms with E-state index < -0.39 is 12.1 Å².